The van der Waals surface area contributed by atoms with Crippen LogP contribution in [-0.4, -0.2) is 41.5 Å². The van der Waals surface area contributed by atoms with Crippen molar-refractivity contribution in [3.8, 4) is 0 Å². The van der Waals surface area contributed by atoms with Crippen molar-refractivity contribution in [3.05, 3.63) is 41.0 Å². The number of fused-ring (bicyclic) bond motifs is 3. The number of carbonyl (C=O) groups excluding carboxylic acids is 1. The fraction of sp³-hybridized carbons (Fsp3) is 0.444. The second kappa shape index (κ2) is 7.44. The number of rotatable bonds is 4. The molecule has 0 unspecified atom stereocenters. The number of thiazole rings is 1. The van der Waals surface area contributed by atoms with Crippen LogP contribution in [0.4, 0.5) is 13.2 Å². The average molecular weight is 413 g/mol. The van der Waals surface area contributed by atoms with E-state index in [9.17, 15) is 18.0 Å². The summed E-state index contributed by atoms with van der Waals surface area (Å²) in [6.45, 7) is 3.16. The smallest absolute Gasteiger partial charge is 0.348 e. The fourth-order valence-corrected chi connectivity index (χ4v) is 5.43. The Balaban J connectivity index is 1.37. The second-order valence-electron chi connectivity index (χ2n) is 6.83. The summed E-state index contributed by atoms with van der Waals surface area (Å²) in [5.74, 6) is 0.463. The van der Waals surface area contributed by atoms with Crippen molar-refractivity contribution in [1.29, 1.82) is 0 Å². The van der Waals surface area contributed by atoms with Crippen molar-refractivity contribution in [2.75, 3.05) is 19.6 Å². The zero-order chi connectivity index (χ0) is 19.0. The molecule has 0 radical (unpaired) electrons. The SMILES string of the molecule is O=C(N[C@H]1CN2CCC1CC2)c1ccc(Sc2cnc(C(F)(F)F)s2)cc1. The van der Waals surface area contributed by atoms with Gasteiger partial charge in [0.2, 0.25) is 0 Å². The van der Waals surface area contributed by atoms with E-state index in [2.05, 4.69) is 15.2 Å². The first-order chi connectivity index (χ1) is 12.9. The first-order valence-corrected chi connectivity index (χ1v) is 10.4. The van der Waals surface area contributed by atoms with Crippen molar-refractivity contribution >= 4 is 29.0 Å². The Morgan fingerprint density at radius 2 is 1.93 bits per heavy atom. The van der Waals surface area contributed by atoms with Crippen molar-refractivity contribution in [2.45, 2.75) is 34.2 Å². The number of aromatic nitrogens is 1. The number of amides is 1. The molecule has 0 spiro atoms. The highest BCUT2D eigenvalue weighted by Gasteiger charge is 2.35. The van der Waals surface area contributed by atoms with Gasteiger partial charge in [-0.2, -0.15) is 13.2 Å². The summed E-state index contributed by atoms with van der Waals surface area (Å²) in [6, 6.07) is 7.13. The number of carbonyl (C=O) groups is 1. The molecule has 2 bridgehead atoms. The van der Waals surface area contributed by atoms with E-state index < -0.39 is 11.2 Å². The Hall–Kier alpha value is -1.58. The van der Waals surface area contributed by atoms with Gasteiger partial charge in [0.05, 0.1) is 10.4 Å². The molecule has 0 saturated carbocycles. The Morgan fingerprint density at radius 3 is 2.48 bits per heavy atom. The molecule has 3 saturated heterocycles. The molecule has 1 amide bonds. The second-order valence-corrected chi connectivity index (χ2v) is 9.23. The molecule has 9 heteroatoms. The van der Waals surface area contributed by atoms with Crippen LogP contribution >= 0.6 is 23.1 Å². The molecular weight excluding hydrogens is 395 g/mol. The van der Waals surface area contributed by atoms with Crippen LogP contribution in [0.25, 0.3) is 0 Å². The molecule has 144 valence electrons. The molecule has 5 rings (SSSR count). The number of alkyl halides is 3. The molecule has 27 heavy (non-hydrogen) atoms. The van der Waals surface area contributed by atoms with Crippen LogP contribution in [0.5, 0.6) is 0 Å². The summed E-state index contributed by atoms with van der Waals surface area (Å²) >= 11 is 1.83. The lowest BCUT2D eigenvalue weighted by Crippen LogP contribution is -2.57. The highest BCUT2D eigenvalue weighted by molar-refractivity contribution is 8.01. The van der Waals surface area contributed by atoms with Gasteiger partial charge in [0.25, 0.3) is 5.91 Å². The zero-order valence-electron chi connectivity index (χ0n) is 14.3. The van der Waals surface area contributed by atoms with Crippen molar-refractivity contribution < 1.29 is 18.0 Å². The number of piperidine rings is 3. The summed E-state index contributed by atoms with van der Waals surface area (Å²) in [5.41, 5.74) is 0.566. The van der Waals surface area contributed by atoms with Gasteiger partial charge < -0.3 is 10.2 Å². The van der Waals surface area contributed by atoms with Crippen LogP contribution in [0.3, 0.4) is 0 Å². The van der Waals surface area contributed by atoms with E-state index in [-0.39, 0.29) is 11.9 Å². The highest BCUT2D eigenvalue weighted by Crippen LogP contribution is 2.38. The summed E-state index contributed by atoms with van der Waals surface area (Å²) in [6.07, 6.45) is -0.919. The monoisotopic (exact) mass is 413 g/mol. The van der Waals surface area contributed by atoms with Crippen LogP contribution in [0, 0.1) is 5.92 Å². The van der Waals surface area contributed by atoms with Crippen LogP contribution in [-0.2, 0) is 6.18 Å². The maximum absolute atomic E-state index is 12.6. The minimum atomic E-state index is -4.42. The van der Waals surface area contributed by atoms with E-state index in [0.717, 1.165) is 37.4 Å². The van der Waals surface area contributed by atoms with Gasteiger partial charge in [0.1, 0.15) is 0 Å². The van der Waals surface area contributed by atoms with Crippen molar-refractivity contribution in [1.82, 2.24) is 15.2 Å². The number of hydrogen-bond donors (Lipinski definition) is 1. The number of nitrogens with zero attached hydrogens (tertiary/aromatic N) is 2. The summed E-state index contributed by atoms with van der Waals surface area (Å²) in [7, 11) is 0. The van der Waals surface area contributed by atoms with Crippen LogP contribution in [0.2, 0.25) is 0 Å². The Labute approximate surface area is 163 Å². The maximum Gasteiger partial charge on any atom is 0.443 e. The predicted octanol–water partition coefficient (Wildman–Crippen LogP) is 4.14. The molecule has 1 atom stereocenters. The number of benzene rings is 1. The van der Waals surface area contributed by atoms with E-state index in [0.29, 0.717) is 27.0 Å². The average Bonchev–Trinajstić information content (AvgIpc) is 3.12. The van der Waals surface area contributed by atoms with Crippen LogP contribution < -0.4 is 5.32 Å². The largest absolute Gasteiger partial charge is 0.443 e. The Bertz CT molecular complexity index is 814. The topological polar surface area (TPSA) is 45.2 Å². The van der Waals surface area contributed by atoms with Gasteiger partial charge in [0, 0.05) is 23.0 Å². The number of hydrogen-bond acceptors (Lipinski definition) is 5. The van der Waals surface area contributed by atoms with Gasteiger partial charge in [-0.3, -0.25) is 4.79 Å². The van der Waals surface area contributed by atoms with E-state index >= 15 is 0 Å². The van der Waals surface area contributed by atoms with Crippen LogP contribution in [0.1, 0.15) is 28.2 Å². The molecule has 1 N–H and O–H groups in total. The third-order valence-electron chi connectivity index (χ3n) is 5.03. The van der Waals surface area contributed by atoms with Gasteiger partial charge in [-0.15, -0.1) is 11.3 Å². The lowest BCUT2D eigenvalue weighted by atomic mass is 9.84. The molecule has 1 aromatic carbocycles. The van der Waals surface area contributed by atoms with Crippen molar-refractivity contribution in [2.24, 2.45) is 5.92 Å². The summed E-state index contributed by atoms with van der Waals surface area (Å²) < 4.78 is 38.3. The minimum Gasteiger partial charge on any atom is -0.348 e. The predicted molar refractivity (Wildman–Crippen MR) is 98.1 cm³/mol. The Morgan fingerprint density at radius 1 is 1.22 bits per heavy atom. The molecular formula is C18H18F3N3OS2. The van der Waals surface area contributed by atoms with Gasteiger partial charge in [0.15, 0.2) is 5.01 Å². The first kappa shape index (κ1) is 18.8. The number of nitrogens with one attached hydrogen (secondary N) is 1. The van der Waals surface area contributed by atoms with Gasteiger partial charge in [-0.05, 0) is 56.1 Å². The third-order valence-corrected chi connectivity index (χ3v) is 7.19. The highest BCUT2D eigenvalue weighted by atomic mass is 32.2. The quantitative estimate of drug-likeness (QED) is 0.819. The molecule has 0 aliphatic carbocycles. The summed E-state index contributed by atoms with van der Waals surface area (Å²) in [5, 5.41) is 2.29. The third kappa shape index (κ3) is 4.30. The van der Waals surface area contributed by atoms with Gasteiger partial charge in [-0.25, -0.2) is 4.98 Å². The number of halogens is 3. The lowest BCUT2D eigenvalue weighted by Gasteiger charge is -2.44. The molecule has 4 heterocycles. The van der Waals surface area contributed by atoms with E-state index in [1.54, 1.807) is 24.3 Å². The standard InChI is InChI=1S/C18H18F3N3OS2/c19-18(20,21)17-22-9-15(27-17)26-13-3-1-12(2-4-13)16(25)23-14-10-24-7-5-11(14)6-8-24/h1-4,9,11,14H,5-8,10H2,(H,23,25)/t14-/m0/s1. The zero-order valence-corrected chi connectivity index (χ0v) is 16.0. The van der Waals surface area contributed by atoms with Crippen LogP contribution in [0.15, 0.2) is 39.6 Å². The molecule has 2 aromatic rings. The lowest BCUT2D eigenvalue weighted by molar-refractivity contribution is -0.137. The Kier molecular flexibility index (Phi) is 5.17. The van der Waals surface area contributed by atoms with E-state index in [1.165, 1.54) is 18.0 Å². The van der Waals surface area contributed by atoms with Gasteiger partial charge >= 0.3 is 6.18 Å². The van der Waals surface area contributed by atoms with E-state index in [4.69, 9.17) is 0 Å². The molecule has 3 aliphatic rings. The van der Waals surface area contributed by atoms with Gasteiger partial charge in [-0.1, -0.05) is 11.8 Å². The maximum atomic E-state index is 12.6. The summed E-state index contributed by atoms with van der Waals surface area (Å²) in [4.78, 5) is 19.1. The molecule has 3 fully saturated rings. The molecule has 1 aromatic heterocycles. The minimum absolute atomic E-state index is 0.0950. The normalized spacial score (nSPS) is 24.8. The van der Waals surface area contributed by atoms with E-state index in [1.807, 2.05) is 0 Å². The molecule has 3 aliphatic heterocycles. The molecule has 4 nitrogen and oxygen atoms in total. The fourth-order valence-electron chi connectivity index (χ4n) is 3.61. The first-order valence-electron chi connectivity index (χ1n) is 8.72. The van der Waals surface area contributed by atoms with Crippen molar-refractivity contribution in [3.63, 3.8) is 0 Å².